The van der Waals surface area contributed by atoms with Crippen LogP contribution in [0.4, 0.5) is 0 Å². The zero-order valence-corrected chi connectivity index (χ0v) is 9.97. The van der Waals surface area contributed by atoms with Gasteiger partial charge in [-0.2, -0.15) is 5.10 Å². The van der Waals surface area contributed by atoms with Gasteiger partial charge in [-0.25, -0.2) is 0 Å². The van der Waals surface area contributed by atoms with Crippen LogP contribution in [0.3, 0.4) is 0 Å². The molecule has 0 bridgehead atoms. The number of unbranched alkanes of at least 4 members (excludes halogenated alkanes) is 1. The Hall–Kier alpha value is -2.04. The van der Waals surface area contributed by atoms with Crippen LogP contribution in [0.2, 0.25) is 0 Å². The minimum absolute atomic E-state index is 0.0587. The molecule has 5 nitrogen and oxygen atoms in total. The molecule has 5 heteroatoms. The largest absolute Gasteiger partial charge is 0.494 e. The summed E-state index contributed by atoms with van der Waals surface area (Å²) in [4.78, 5) is 0. The van der Waals surface area contributed by atoms with Gasteiger partial charge in [0.05, 0.1) is 12.8 Å². The molecule has 1 rings (SSSR count). The molecule has 0 atom stereocenters. The van der Waals surface area contributed by atoms with Crippen LogP contribution in [-0.4, -0.2) is 18.8 Å². The number of hydrogen-bond donors (Lipinski definition) is 2. The number of benzene rings is 1. The van der Waals surface area contributed by atoms with Gasteiger partial charge in [0.1, 0.15) is 5.75 Å². The monoisotopic (exact) mass is 234 g/mol. The maximum atomic E-state index is 5.57. The Morgan fingerprint density at radius 3 is 2.94 bits per heavy atom. The Bertz CT molecular complexity index is 397. The number of hydrogen-bond acceptors (Lipinski definition) is 3. The lowest BCUT2D eigenvalue weighted by Gasteiger charge is -2.05. The molecule has 17 heavy (non-hydrogen) atoms. The van der Waals surface area contributed by atoms with E-state index in [1.165, 1.54) is 0 Å². The molecule has 0 saturated carbocycles. The van der Waals surface area contributed by atoms with Crippen molar-refractivity contribution >= 4 is 12.2 Å². The van der Waals surface area contributed by atoms with E-state index in [-0.39, 0.29) is 5.96 Å². The predicted octanol–water partition coefficient (Wildman–Crippen LogP) is 1.47. The second-order valence-corrected chi connectivity index (χ2v) is 3.54. The van der Waals surface area contributed by atoms with Crippen molar-refractivity contribution in [2.24, 2.45) is 21.7 Å². The second-order valence-electron chi connectivity index (χ2n) is 3.54. The van der Waals surface area contributed by atoms with Crippen molar-refractivity contribution in [2.75, 3.05) is 6.61 Å². The lowest BCUT2D eigenvalue weighted by Crippen LogP contribution is -2.21. The molecule has 0 heterocycles. The van der Waals surface area contributed by atoms with Crippen LogP contribution in [-0.2, 0) is 0 Å². The fraction of sp³-hybridized carbons (Fsp3) is 0.333. The molecule has 0 radical (unpaired) electrons. The summed E-state index contributed by atoms with van der Waals surface area (Å²) in [6, 6.07) is 7.60. The molecular formula is C12H18N4O. The van der Waals surface area contributed by atoms with Gasteiger partial charge in [-0.15, -0.1) is 5.10 Å². The number of nitrogens with two attached hydrogens (primary N) is 2. The van der Waals surface area contributed by atoms with E-state index in [1.807, 2.05) is 24.3 Å². The number of rotatable bonds is 6. The highest BCUT2D eigenvalue weighted by molar-refractivity contribution is 5.81. The normalized spacial score (nSPS) is 10.4. The summed E-state index contributed by atoms with van der Waals surface area (Å²) in [5.41, 5.74) is 11.2. The molecule has 1 aromatic carbocycles. The number of guanidine groups is 1. The van der Waals surface area contributed by atoms with Crippen molar-refractivity contribution in [3.8, 4) is 5.75 Å². The fourth-order valence-electron chi connectivity index (χ4n) is 1.18. The average Bonchev–Trinajstić information content (AvgIpc) is 2.29. The van der Waals surface area contributed by atoms with Crippen LogP contribution in [0.25, 0.3) is 0 Å². The lowest BCUT2D eigenvalue weighted by atomic mass is 10.2. The summed E-state index contributed by atoms with van der Waals surface area (Å²) >= 11 is 0. The van der Waals surface area contributed by atoms with E-state index in [1.54, 1.807) is 6.21 Å². The average molecular weight is 234 g/mol. The zero-order valence-electron chi connectivity index (χ0n) is 9.97. The first-order valence-electron chi connectivity index (χ1n) is 5.57. The molecule has 0 aromatic heterocycles. The first-order valence-corrected chi connectivity index (χ1v) is 5.57. The van der Waals surface area contributed by atoms with E-state index in [0.29, 0.717) is 0 Å². The van der Waals surface area contributed by atoms with Gasteiger partial charge in [0.15, 0.2) is 0 Å². The first-order chi connectivity index (χ1) is 8.22. The van der Waals surface area contributed by atoms with Gasteiger partial charge in [0, 0.05) is 0 Å². The third-order valence-corrected chi connectivity index (χ3v) is 2.00. The van der Waals surface area contributed by atoms with Gasteiger partial charge in [0.25, 0.3) is 0 Å². The molecule has 92 valence electrons. The van der Waals surface area contributed by atoms with Crippen molar-refractivity contribution in [2.45, 2.75) is 19.8 Å². The maximum absolute atomic E-state index is 5.57. The third kappa shape index (κ3) is 5.55. The highest BCUT2D eigenvalue weighted by atomic mass is 16.5. The molecule has 0 unspecified atom stereocenters. The van der Waals surface area contributed by atoms with E-state index in [0.717, 1.165) is 30.8 Å². The highest BCUT2D eigenvalue weighted by Crippen LogP contribution is 2.12. The molecule has 0 saturated heterocycles. The van der Waals surface area contributed by atoms with Gasteiger partial charge in [-0.1, -0.05) is 25.5 Å². The topological polar surface area (TPSA) is 86.0 Å². The molecule has 0 fully saturated rings. The van der Waals surface area contributed by atoms with E-state index < -0.39 is 0 Å². The smallest absolute Gasteiger partial charge is 0.211 e. The fourth-order valence-corrected chi connectivity index (χ4v) is 1.18. The molecule has 0 spiro atoms. The number of ether oxygens (including phenoxy) is 1. The Kier molecular flexibility index (Phi) is 5.57. The highest BCUT2D eigenvalue weighted by Gasteiger charge is 1.94. The Labute approximate surface area is 101 Å². The van der Waals surface area contributed by atoms with Gasteiger partial charge >= 0.3 is 0 Å². The SMILES string of the molecule is CCCCOc1cccc(/C=N\N=C(N)N)c1. The second kappa shape index (κ2) is 7.27. The van der Waals surface area contributed by atoms with Gasteiger partial charge in [0.2, 0.25) is 5.96 Å². The number of nitrogens with zero attached hydrogens (tertiary/aromatic N) is 2. The summed E-state index contributed by atoms with van der Waals surface area (Å²) in [6.07, 6.45) is 3.74. The third-order valence-electron chi connectivity index (χ3n) is 2.00. The van der Waals surface area contributed by atoms with E-state index in [9.17, 15) is 0 Å². The van der Waals surface area contributed by atoms with Crippen LogP contribution < -0.4 is 16.2 Å². The molecular weight excluding hydrogens is 216 g/mol. The quantitative estimate of drug-likeness (QED) is 0.338. The molecule has 0 aliphatic rings. The van der Waals surface area contributed by atoms with Gasteiger partial charge in [-0.3, -0.25) is 0 Å². The van der Waals surface area contributed by atoms with Crippen molar-refractivity contribution in [3.05, 3.63) is 29.8 Å². The molecule has 1 aromatic rings. The zero-order chi connectivity index (χ0) is 12.5. The van der Waals surface area contributed by atoms with Crippen LogP contribution in [0.5, 0.6) is 5.75 Å². The lowest BCUT2D eigenvalue weighted by molar-refractivity contribution is 0.309. The Balaban J connectivity index is 2.59. The molecule has 4 N–H and O–H groups in total. The van der Waals surface area contributed by atoms with E-state index >= 15 is 0 Å². The van der Waals surface area contributed by atoms with Gasteiger partial charge < -0.3 is 16.2 Å². The minimum Gasteiger partial charge on any atom is -0.494 e. The van der Waals surface area contributed by atoms with Crippen LogP contribution in [0, 0.1) is 0 Å². The summed E-state index contributed by atoms with van der Waals surface area (Å²) in [6.45, 7) is 2.85. The molecule has 0 aliphatic heterocycles. The summed E-state index contributed by atoms with van der Waals surface area (Å²) in [7, 11) is 0. The molecule has 0 aliphatic carbocycles. The summed E-state index contributed by atoms with van der Waals surface area (Å²) < 4.78 is 5.57. The van der Waals surface area contributed by atoms with E-state index in [4.69, 9.17) is 16.2 Å². The van der Waals surface area contributed by atoms with Crippen molar-refractivity contribution in [3.63, 3.8) is 0 Å². The predicted molar refractivity (Wildman–Crippen MR) is 70.2 cm³/mol. The standard InChI is InChI=1S/C12H18N4O/c1-2-3-7-17-11-6-4-5-10(8-11)9-15-16-12(13)14/h4-6,8-9H,2-3,7H2,1H3,(H4,13,14,16)/b15-9-. The minimum atomic E-state index is -0.0587. The van der Waals surface area contributed by atoms with Crippen molar-refractivity contribution in [1.82, 2.24) is 0 Å². The Morgan fingerprint density at radius 1 is 1.41 bits per heavy atom. The van der Waals surface area contributed by atoms with E-state index in [2.05, 4.69) is 17.1 Å². The van der Waals surface area contributed by atoms with Crippen molar-refractivity contribution < 1.29 is 4.74 Å². The van der Waals surface area contributed by atoms with Crippen LogP contribution >= 0.6 is 0 Å². The summed E-state index contributed by atoms with van der Waals surface area (Å²) in [5.74, 6) is 0.767. The maximum Gasteiger partial charge on any atom is 0.211 e. The van der Waals surface area contributed by atoms with Gasteiger partial charge in [-0.05, 0) is 24.1 Å². The van der Waals surface area contributed by atoms with Crippen LogP contribution in [0.15, 0.2) is 34.5 Å². The molecule has 0 amide bonds. The summed E-state index contributed by atoms with van der Waals surface area (Å²) in [5, 5.41) is 7.26. The van der Waals surface area contributed by atoms with Crippen molar-refractivity contribution in [1.29, 1.82) is 0 Å². The van der Waals surface area contributed by atoms with Crippen LogP contribution in [0.1, 0.15) is 25.3 Å². The Morgan fingerprint density at radius 2 is 2.24 bits per heavy atom. The first kappa shape index (κ1) is 13.0.